The number of carbonyl (C=O) groups is 3. The summed E-state index contributed by atoms with van der Waals surface area (Å²) < 4.78 is 1.85. The van der Waals surface area contributed by atoms with Gasteiger partial charge >= 0.3 is 5.97 Å². The molecule has 2 N–H and O–H groups in total. The lowest BCUT2D eigenvalue weighted by molar-refractivity contribution is -0.116. The molecule has 0 fully saturated rings. The number of aromatic carboxylic acids is 1. The minimum atomic E-state index is -1.02. The smallest absolute Gasteiger partial charge is 0.335 e. The van der Waals surface area contributed by atoms with Crippen LogP contribution in [0.4, 0.5) is 5.69 Å². The van der Waals surface area contributed by atoms with Gasteiger partial charge in [-0.25, -0.2) is 4.79 Å². The lowest BCUT2D eigenvalue weighted by Gasteiger charge is -2.09. The van der Waals surface area contributed by atoms with E-state index in [1.807, 2.05) is 16.8 Å². The van der Waals surface area contributed by atoms with Crippen molar-refractivity contribution in [2.24, 2.45) is 5.92 Å². The standard InChI is InChI=1S/C16H14N2O4/c19-14(17-12-5-3-10(4-6-12)16(21)22)8-11-9-18-7-1-2-13(18)15(11)20/h1-7,11H,8-9H2,(H,17,19)(H,21,22). The largest absolute Gasteiger partial charge is 0.478 e. The molecule has 0 bridgehead atoms. The monoisotopic (exact) mass is 298 g/mol. The third-order valence-electron chi connectivity index (χ3n) is 3.72. The molecule has 1 aromatic heterocycles. The average molecular weight is 298 g/mol. The molecule has 6 heteroatoms. The zero-order valence-corrected chi connectivity index (χ0v) is 11.7. The number of carboxylic acids is 1. The first-order chi connectivity index (χ1) is 10.5. The molecule has 0 saturated heterocycles. The minimum Gasteiger partial charge on any atom is -0.478 e. The summed E-state index contributed by atoms with van der Waals surface area (Å²) in [5.41, 5.74) is 1.31. The summed E-state index contributed by atoms with van der Waals surface area (Å²) >= 11 is 0. The maximum atomic E-state index is 12.1. The predicted octanol–water partition coefficient (Wildman–Crippen LogP) is 2.03. The van der Waals surface area contributed by atoms with Crippen LogP contribution in [0.5, 0.6) is 0 Å². The Labute approximate surface area is 126 Å². The number of nitrogens with zero attached hydrogens (tertiary/aromatic N) is 1. The molecular weight excluding hydrogens is 284 g/mol. The molecule has 22 heavy (non-hydrogen) atoms. The van der Waals surface area contributed by atoms with Crippen LogP contribution in [0.15, 0.2) is 42.6 Å². The number of benzene rings is 1. The van der Waals surface area contributed by atoms with Gasteiger partial charge in [-0.05, 0) is 36.4 Å². The highest BCUT2D eigenvalue weighted by Crippen LogP contribution is 2.24. The van der Waals surface area contributed by atoms with E-state index < -0.39 is 5.97 Å². The summed E-state index contributed by atoms with van der Waals surface area (Å²) in [6.45, 7) is 0.520. The maximum absolute atomic E-state index is 12.1. The molecule has 0 radical (unpaired) electrons. The van der Waals surface area contributed by atoms with Crippen LogP contribution in [0.25, 0.3) is 0 Å². The predicted molar refractivity (Wildman–Crippen MR) is 78.9 cm³/mol. The highest BCUT2D eigenvalue weighted by molar-refractivity contribution is 6.02. The van der Waals surface area contributed by atoms with E-state index in [1.165, 1.54) is 24.3 Å². The van der Waals surface area contributed by atoms with E-state index in [4.69, 9.17) is 5.11 Å². The van der Waals surface area contributed by atoms with Gasteiger partial charge in [0.15, 0.2) is 5.78 Å². The first-order valence-electron chi connectivity index (χ1n) is 6.87. The number of fused-ring (bicyclic) bond motifs is 1. The van der Waals surface area contributed by atoms with Crippen LogP contribution >= 0.6 is 0 Å². The number of rotatable bonds is 4. The summed E-state index contributed by atoms with van der Waals surface area (Å²) in [6.07, 6.45) is 1.94. The van der Waals surface area contributed by atoms with Crippen LogP contribution in [0.1, 0.15) is 27.3 Å². The van der Waals surface area contributed by atoms with Crippen LogP contribution in [0.2, 0.25) is 0 Å². The van der Waals surface area contributed by atoms with Gasteiger partial charge in [-0.1, -0.05) is 0 Å². The maximum Gasteiger partial charge on any atom is 0.335 e. The second-order valence-corrected chi connectivity index (χ2v) is 5.24. The molecule has 1 aromatic carbocycles. The van der Waals surface area contributed by atoms with Crippen LogP contribution in [-0.4, -0.2) is 27.3 Å². The number of Topliss-reactive ketones (excluding diaryl/α,β-unsaturated/α-hetero) is 1. The number of hydrogen-bond donors (Lipinski definition) is 2. The van der Waals surface area contributed by atoms with Crippen molar-refractivity contribution in [1.82, 2.24) is 4.57 Å². The molecule has 1 amide bonds. The van der Waals surface area contributed by atoms with E-state index in [0.717, 1.165) is 0 Å². The summed E-state index contributed by atoms with van der Waals surface area (Å²) in [5.74, 6) is -1.63. The van der Waals surface area contributed by atoms with E-state index in [0.29, 0.717) is 17.9 Å². The van der Waals surface area contributed by atoms with Gasteiger partial charge in [0.2, 0.25) is 5.91 Å². The highest BCUT2D eigenvalue weighted by Gasteiger charge is 2.31. The highest BCUT2D eigenvalue weighted by atomic mass is 16.4. The second-order valence-electron chi connectivity index (χ2n) is 5.24. The first-order valence-corrected chi connectivity index (χ1v) is 6.87. The lowest BCUT2D eigenvalue weighted by Crippen LogP contribution is -2.20. The van der Waals surface area contributed by atoms with Crippen LogP contribution < -0.4 is 5.32 Å². The number of carboxylic acid groups (broad SMARTS) is 1. The van der Waals surface area contributed by atoms with Crippen LogP contribution in [0.3, 0.4) is 0 Å². The molecule has 1 atom stereocenters. The van der Waals surface area contributed by atoms with E-state index in [9.17, 15) is 14.4 Å². The van der Waals surface area contributed by atoms with Crippen molar-refractivity contribution in [2.45, 2.75) is 13.0 Å². The third kappa shape index (κ3) is 2.63. The van der Waals surface area contributed by atoms with Crippen molar-refractivity contribution in [3.05, 3.63) is 53.9 Å². The molecule has 1 aliphatic rings. The van der Waals surface area contributed by atoms with Gasteiger partial charge in [0.05, 0.1) is 17.2 Å². The van der Waals surface area contributed by atoms with Gasteiger partial charge < -0.3 is 15.0 Å². The van der Waals surface area contributed by atoms with Crippen molar-refractivity contribution in [1.29, 1.82) is 0 Å². The van der Waals surface area contributed by atoms with Crippen molar-refractivity contribution in [2.75, 3.05) is 5.32 Å². The Balaban J connectivity index is 1.60. The van der Waals surface area contributed by atoms with Gasteiger partial charge in [0.1, 0.15) is 0 Å². The topological polar surface area (TPSA) is 88.4 Å². The van der Waals surface area contributed by atoms with Crippen molar-refractivity contribution in [3.63, 3.8) is 0 Å². The average Bonchev–Trinajstić information content (AvgIpc) is 3.04. The zero-order valence-electron chi connectivity index (χ0n) is 11.7. The van der Waals surface area contributed by atoms with E-state index >= 15 is 0 Å². The van der Waals surface area contributed by atoms with Gasteiger partial charge in [-0.3, -0.25) is 9.59 Å². The normalized spacial score (nSPS) is 16.4. The summed E-state index contributed by atoms with van der Waals surface area (Å²) in [5, 5.41) is 11.5. The quantitative estimate of drug-likeness (QED) is 0.904. The molecule has 2 aromatic rings. The van der Waals surface area contributed by atoms with Crippen LogP contribution in [0, 0.1) is 5.92 Å². The SMILES string of the molecule is O=C(CC1Cn2cccc2C1=O)Nc1ccc(C(=O)O)cc1. The Bertz CT molecular complexity index is 746. The molecule has 112 valence electrons. The number of aromatic nitrogens is 1. The van der Waals surface area contributed by atoms with Gasteiger partial charge in [0, 0.05) is 24.8 Å². The molecule has 2 heterocycles. The Kier molecular flexibility index (Phi) is 3.50. The molecule has 3 rings (SSSR count). The molecular formula is C16H14N2O4. The number of amides is 1. The molecule has 0 saturated carbocycles. The first kappa shape index (κ1) is 14.1. The number of ketones is 1. The van der Waals surface area contributed by atoms with Crippen molar-refractivity contribution < 1.29 is 19.5 Å². The number of anilines is 1. The summed E-state index contributed by atoms with van der Waals surface area (Å²) in [7, 11) is 0. The Hall–Kier alpha value is -2.89. The second kappa shape index (κ2) is 5.48. The molecule has 1 unspecified atom stereocenters. The van der Waals surface area contributed by atoms with E-state index in [-0.39, 0.29) is 29.6 Å². The molecule has 0 aliphatic carbocycles. The van der Waals surface area contributed by atoms with E-state index in [1.54, 1.807) is 6.07 Å². The summed E-state index contributed by atoms with van der Waals surface area (Å²) in [6, 6.07) is 9.47. The Morgan fingerprint density at radius 1 is 1.23 bits per heavy atom. The fourth-order valence-corrected chi connectivity index (χ4v) is 2.62. The fraction of sp³-hybridized carbons (Fsp3) is 0.188. The van der Waals surface area contributed by atoms with Crippen molar-refractivity contribution in [3.8, 4) is 0 Å². The van der Waals surface area contributed by atoms with E-state index in [2.05, 4.69) is 5.32 Å². The number of nitrogens with one attached hydrogen (secondary N) is 1. The van der Waals surface area contributed by atoms with Gasteiger partial charge in [-0.15, -0.1) is 0 Å². The zero-order chi connectivity index (χ0) is 15.7. The molecule has 6 nitrogen and oxygen atoms in total. The molecule has 0 spiro atoms. The Morgan fingerprint density at radius 2 is 1.95 bits per heavy atom. The lowest BCUT2D eigenvalue weighted by atomic mass is 10.0. The minimum absolute atomic E-state index is 0.0126. The van der Waals surface area contributed by atoms with Gasteiger partial charge in [0.25, 0.3) is 0 Å². The van der Waals surface area contributed by atoms with Crippen LogP contribution in [-0.2, 0) is 11.3 Å². The fourth-order valence-electron chi connectivity index (χ4n) is 2.62. The summed E-state index contributed by atoms with van der Waals surface area (Å²) in [4.78, 5) is 34.9. The Morgan fingerprint density at radius 3 is 2.59 bits per heavy atom. The molecule has 1 aliphatic heterocycles. The van der Waals surface area contributed by atoms with Gasteiger partial charge in [-0.2, -0.15) is 0 Å². The van der Waals surface area contributed by atoms with Crippen molar-refractivity contribution >= 4 is 23.3 Å². The number of hydrogen-bond acceptors (Lipinski definition) is 3. The number of carbonyl (C=O) groups excluding carboxylic acids is 2. The third-order valence-corrected chi connectivity index (χ3v) is 3.72.